The number of nitrogens with zero attached hydrogens (tertiary/aromatic N) is 1. The predicted octanol–water partition coefficient (Wildman–Crippen LogP) is -0.453. The summed E-state index contributed by atoms with van der Waals surface area (Å²) in [5.41, 5.74) is 3.07. The predicted molar refractivity (Wildman–Crippen MR) is 74.8 cm³/mol. The zero-order valence-corrected chi connectivity index (χ0v) is 15.3. The van der Waals surface area contributed by atoms with Crippen molar-refractivity contribution >= 4 is 39.3 Å². The number of hydroxylamine groups is 1. The van der Waals surface area contributed by atoms with Gasteiger partial charge in [0.2, 0.25) is 0 Å². The molecule has 114 valence electrons. The monoisotopic (exact) mass is 345 g/mol. The first-order valence-electron chi connectivity index (χ1n) is 5.54. The van der Waals surface area contributed by atoms with Crippen LogP contribution in [0.25, 0.3) is 5.48 Å². The van der Waals surface area contributed by atoms with Crippen molar-refractivity contribution in [2.75, 3.05) is 0 Å². The first-order valence-corrected chi connectivity index (χ1v) is 6.95. The van der Waals surface area contributed by atoms with Gasteiger partial charge in [-0.15, -0.1) is 0 Å². The molecule has 9 heteroatoms. The van der Waals surface area contributed by atoms with E-state index in [1.807, 2.05) is 6.92 Å². The Kier molecular flexibility index (Phi) is 9.52. The Morgan fingerprint density at radius 3 is 2.05 bits per heavy atom. The topological polar surface area (TPSA) is 83.8 Å². The molecule has 0 saturated heterocycles. The van der Waals surface area contributed by atoms with Crippen LogP contribution in [0.5, 0.6) is 0 Å². The Bertz CT molecular complexity index is 554. The molecule has 0 unspecified atom stereocenters. The average molecular weight is 346 g/mol. The molecule has 1 aromatic carbocycles. The van der Waals surface area contributed by atoms with Gasteiger partial charge < -0.3 is 26.9 Å². The number of carbonyl (C=O) groups excluding carboxylic acids is 1. The van der Waals surface area contributed by atoms with Crippen molar-refractivity contribution in [3.63, 3.8) is 0 Å². The standard InChI is InChI=1S/C12H17NO5S.ClH.Mg/c1-9-5-7-10(8-6-9)19(15,16)18-13-11(14)17-12(2,3)4;;/h5-8H,1-4H3,(H,13,14);1H;/q;;+2/p-2. The summed E-state index contributed by atoms with van der Waals surface area (Å²) in [5, 5.41) is 0. The fraction of sp³-hybridized carbons (Fsp3) is 0.417. The minimum absolute atomic E-state index is 0. The molecule has 0 aliphatic carbocycles. The largest absolute Gasteiger partial charge is 2.00 e. The normalized spacial score (nSPS) is 10.9. The van der Waals surface area contributed by atoms with E-state index in [0.29, 0.717) is 0 Å². The van der Waals surface area contributed by atoms with E-state index in [1.54, 1.807) is 32.9 Å². The van der Waals surface area contributed by atoms with Gasteiger partial charge in [0, 0.05) is 0 Å². The van der Waals surface area contributed by atoms with Crippen LogP contribution in [0.3, 0.4) is 0 Å². The molecular formula is C12H16ClMgNO5S. The summed E-state index contributed by atoms with van der Waals surface area (Å²) < 4.78 is 32.5. The van der Waals surface area contributed by atoms with Crippen molar-refractivity contribution in [3.8, 4) is 0 Å². The SMILES string of the molecule is Cc1ccc(S(=O)(=O)O[N-]C(=O)OC(C)(C)C)cc1.[Cl-].[Mg+2]. The number of aryl methyl sites for hydroxylation is 1. The van der Waals surface area contributed by atoms with E-state index >= 15 is 0 Å². The van der Waals surface area contributed by atoms with E-state index < -0.39 is 21.8 Å². The maximum atomic E-state index is 11.7. The van der Waals surface area contributed by atoms with E-state index in [-0.39, 0.29) is 40.4 Å². The van der Waals surface area contributed by atoms with Gasteiger partial charge in [0.1, 0.15) is 5.60 Å². The number of amides is 1. The summed E-state index contributed by atoms with van der Waals surface area (Å²) in [7, 11) is -4.10. The third-order valence-electron chi connectivity index (χ3n) is 1.91. The van der Waals surface area contributed by atoms with E-state index in [9.17, 15) is 13.2 Å². The first kappa shape index (κ1) is 22.7. The van der Waals surface area contributed by atoms with Crippen LogP contribution in [0.15, 0.2) is 29.2 Å². The van der Waals surface area contributed by atoms with Crippen LogP contribution in [0, 0.1) is 6.92 Å². The zero-order chi connectivity index (χ0) is 14.7. The second kappa shape index (κ2) is 8.79. The van der Waals surface area contributed by atoms with Crippen molar-refractivity contribution in [2.45, 2.75) is 38.2 Å². The molecule has 0 atom stereocenters. The number of carbonyl (C=O) groups is 1. The number of hydrogen-bond donors (Lipinski definition) is 0. The minimum Gasteiger partial charge on any atom is -1.00 e. The van der Waals surface area contributed by atoms with Crippen LogP contribution >= 0.6 is 0 Å². The molecular weight excluding hydrogens is 330 g/mol. The van der Waals surface area contributed by atoms with Crippen LogP contribution < -0.4 is 12.4 Å². The van der Waals surface area contributed by atoms with Crippen LogP contribution in [0.2, 0.25) is 0 Å². The van der Waals surface area contributed by atoms with E-state index in [4.69, 9.17) is 4.74 Å². The molecule has 0 radical (unpaired) electrons. The third kappa shape index (κ3) is 8.47. The molecule has 0 spiro atoms. The zero-order valence-electron chi connectivity index (χ0n) is 12.3. The van der Waals surface area contributed by atoms with Gasteiger partial charge in [-0.1, -0.05) is 17.7 Å². The summed E-state index contributed by atoms with van der Waals surface area (Å²) in [6, 6.07) is 5.97. The van der Waals surface area contributed by atoms with E-state index in [1.165, 1.54) is 12.1 Å². The van der Waals surface area contributed by atoms with Gasteiger partial charge in [0.05, 0.1) is 4.90 Å². The second-order valence-electron chi connectivity index (χ2n) is 4.91. The minimum atomic E-state index is -4.10. The summed E-state index contributed by atoms with van der Waals surface area (Å²) in [6.07, 6.45) is -1.09. The molecule has 1 aromatic rings. The molecule has 1 rings (SSSR count). The van der Waals surface area contributed by atoms with Gasteiger partial charge in [0.15, 0.2) is 0 Å². The van der Waals surface area contributed by atoms with E-state index in [2.05, 4.69) is 9.76 Å². The molecule has 0 bridgehead atoms. The van der Waals surface area contributed by atoms with Crippen LogP contribution in [0.1, 0.15) is 26.3 Å². The van der Waals surface area contributed by atoms with Crippen LogP contribution in [-0.4, -0.2) is 43.2 Å². The van der Waals surface area contributed by atoms with Gasteiger partial charge in [-0.3, -0.25) is 4.79 Å². The Balaban J connectivity index is 0. The summed E-state index contributed by atoms with van der Waals surface area (Å²) >= 11 is 0. The number of benzene rings is 1. The number of halogens is 1. The average Bonchev–Trinajstić information content (AvgIpc) is 2.25. The maximum Gasteiger partial charge on any atom is 2.00 e. The summed E-state index contributed by atoms with van der Waals surface area (Å²) in [6.45, 7) is 6.72. The smallest absolute Gasteiger partial charge is 1.00 e. The summed E-state index contributed by atoms with van der Waals surface area (Å²) in [5.74, 6) is 0. The Labute approximate surface area is 147 Å². The molecule has 0 aromatic heterocycles. The third-order valence-corrected chi connectivity index (χ3v) is 3.03. The fourth-order valence-corrected chi connectivity index (χ4v) is 1.82. The molecule has 0 aliphatic rings. The molecule has 6 nitrogen and oxygen atoms in total. The van der Waals surface area contributed by atoms with Gasteiger partial charge in [-0.25, -0.2) is 0 Å². The van der Waals surface area contributed by atoms with Gasteiger partial charge in [0.25, 0.3) is 16.2 Å². The van der Waals surface area contributed by atoms with Crippen LogP contribution in [-0.2, 0) is 19.1 Å². The van der Waals surface area contributed by atoms with Crippen molar-refractivity contribution in [1.82, 2.24) is 0 Å². The van der Waals surface area contributed by atoms with Gasteiger partial charge >= 0.3 is 23.1 Å². The molecule has 0 saturated carbocycles. The van der Waals surface area contributed by atoms with Crippen molar-refractivity contribution < 1.29 is 34.6 Å². The molecule has 0 heterocycles. The number of hydrogen-bond acceptors (Lipinski definition) is 5. The van der Waals surface area contributed by atoms with Gasteiger partial charge in [-0.05, 0) is 39.8 Å². The Morgan fingerprint density at radius 2 is 1.62 bits per heavy atom. The Hall–Kier alpha value is -0.544. The quantitative estimate of drug-likeness (QED) is 0.547. The van der Waals surface area contributed by atoms with E-state index in [0.717, 1.165) is 5.56 Å². The molecule has 0 fully saturated rings. The van der Waals surface area contributed by atoms with Crippen molar-refractivity contribution in [3.05, 3.63) is 35.3 Å². The summed E-state index contributed by atoms with van der Waals surface area (Å²) in [4.78, 5) is 11.1. The number of rotatable bonds is 3. The fourth-order valence-electron chi connectivity index (χ4n) is 1.11. The molecule has 21 heavy (non-hydrogen) atoms. The van der Waals surface area contributed by atoms with Crippen molar-refractivity contribution in [2.24, 2.45) is 0 Å². The number of ether oxygens (including phenoxy) is 1. The van der Waals surface area contributed by atoms with Crippen molar-refractivity contribution in [1.29, 1.82) is 0 Å². The first-order chi connectivity index (χ1) is 8.60. The van der Waals surface area contributed by atoms with Crippen LogP contribution in [0.4, 0.5) is 4.79 Å². The van der Waals surface area contributed by atoms with Gasteiger partial charge in [-0.2, -0.15) is 8.42 Å². The second-order valence-corrected chi connectivity index (χ2v) is 6.44. The Morgan fingerprint density at radius 1 is 1.14 bits per heavy atom. The maximum absolute atomic E-state index is 11.7. The molecule has 0 N–H and O–H groups in total. The molecule has 0 aliphatic heterocycles. The molecule has 1 amide bonds.